The number of methoxy groups -OCH3 is 1. The van der Waals surface area contributed by atoms with E-state index in [1.165, 1.54) is 18.3 Å². The van der Waals surface area contributed by atoms with Crippen LogP contribution in [0.5, 0.6) is 5.75 Å². The second-order valence-corrected chi connectivity index (χ2v) is 8.03. The van der Waals surface area contributed by atoms with Gasteiger partial charge in [0.15, 0.2) is 0 Å². The van der Waals surface area contributed by atoms with E-state index in [0.717, 1.165) is 17.1 Å². The third-order valence-corrected chi connectivity index (χ3v) is 5.34. The maximum absolute atomic E-state index is 11.1. The van der Waals surface area contributed by atoms with E-state index in [-0.39, 0.29) is 17.6 Å². The van der Waals surface area contributed by atoms with Crippen LogP contribution < -0.4 is 20.8 Å². The predicted molar refractivity (Wildman–Crippen MR) is 148 cm³/mol. The average molecular weight is 523 g/mol. The van der Waals surface area contributed by atoms with Crippen LogP contribution in [0.25, 0.3) is 11.3 Å². The summed E-state index contributed by atoms with van der Waals surface area (Å²) in [5.74, 6) is 2.40. The Labute approximate surface area is 222 Å². The minimum absolute atomic E-state index is 0.0189. The number of hydrogen-bond acceptors (Lipinski definition) is 11. The van der Waals surface area contributed by atoms with Crippen molar-refractivity contribution >= 4 is 41.1 Å². The topological polar surface area (TPSA) is 153 Å². The van der Waals surface area contributed by atoms with E-state index in [1.807, 2.05) is 54.6 Å². The molecule has 12 heteroatoms. The van der Waals surface area contributed by atoms with Crippen LogP contribution in [-0.2, 0) is 0 Å². The van der Waals surface area contributed by atoms with Crippen LogP contribution in [0.1, 0.15) is 5.76 Å². The number of nitro groups is 1. The van der Waals surface area contributed by atoms with Crippen LogP contribution >= 0.6 is 0 Å². The Bertz CT molecular complexity index is 1600. The molecule has 0 fully saturated rings. The van der Waals surface area contributed by atoms with Gasteiger partial charge in [-0.1, -0.05) is 30.3 Å². The Balaban J connectivity index is 1.34. The molecule has 2 heterocycles. The van der Waals surface area contributed by atoms with Gasteiger partial charge in [-0.2, -0.15) is 20.1 Å². The number of furan rings is 1. The molecule has 2 aromatic heterocycles. The third kappa shape index (κ3) is 6.51. The van der Waals surface area contributed by atoms with Gasteiger partial charge in [-0.15, -0.1) is 0 Å². The van der Waals surface area contributed by atoms with Crippen LogP contribution in [-0.4, -0.2) is 33.2 Å². The molecule has 5 rings (SSSR count). The van der Waals surface area contributed by atoms with Gasteiger partial charge in [0.2, 0.25) is 17.8 Å². The second kappa shape index (κ2) is 11.5. The number of anilines is 5. The molecular weight excluding hydrogens is 500 g/mol. The quantitative estimate of drug-likeness (QED) is 0.113. The van der Waals surface area contributed by atoms with Gasteiger partial charge >= 0.3 is 0 Å². The Morgan fingerprint density at radius 2 is 1.54 bits per heavy atom. The molecule has 0 bridgehead atoms. The Kier molecular flexibility index (Phi) is 7.35. The lowest BCUT2D eigenvalue weighted by Crippen LogP contribution is -2.07. The van der Waals surface area contributed by atoms with Crippen LogP contribution in [0.2, 0.25) is 0 Å². The molecule has 0 unspecified atom stereocenters. The summed E-state index contributed by atoms with van der Waals surface area (Å²) in [6, 6.07) is 26.4. The number of nitrogens with zero attached hydrogens (tertiary/aromatic N) is 5. The number of non-ortho nitro benzene ring substituents is 1. The molecule has 0 aliphatic heterocycles. The smallest absolute Gasteiger partial charge is 0.270 e. The summed E-state index contributed by atoms with van der Waals surface area (Å²) >= 11 is 0. The monoisotopic (exact) mass is 522 g/mol. The van der Waals surface area contributed by atoms with E-state index in [1.54, 1.807) is 31.4 Å². The summed E-state index contributed by atoms with van der Waals surface area (Å²) in [5.41, 5.74) is 4.92. The SMILES string of the molecule is COc1ccc(Nc2nc(NN=Cc3ccc(-c4cccc([N+](=O)[O-])c4)o3)nc(Nc3ccccc3)n2)cc1. The number of benzene rings is 3. The number of aromatic nitrogens is 3. The summed E-state index contributed by atoms with van der Waals surface area (Å²) in [4.78, 5) is 23.9. The van der Waals surface area contributed by atoms with E-state index in [9.17, 15) is 10.1 Å². The molecule has 0 saturated heterocycles. The van der Waals surface area contributed by atoms with Gasteiger partial charge in [0.05, 0.1) is 18.2 Å². The number of nitro benzene ring substituents is 1. The lowest BCUT2D eigenvalue weighted by atomic mass is 10.1. The first kappa shape index (κ1) is 24.9. The molecule has 12 nitrogen and oxygen atoms in total. The van der Waals surface area contributed by atoms with Crippen LogP contribution in [0.4, 0.5) is 34.9 Å². The van der Waals surface area contributed by atoms with E-state index in [0.29, 0.717) is 23.0 Å². The number of ether oxygens (including phenoxy) is 1. The largest absolute Gasteiger partial charge is 0.497 e. The van der Waals surface area contributed by atoms with Crippen LogP contribution in [0, 0.1) is 10.1 Å². The van der Waals surface area contributed by atoms with E-state index in [2.05, 4.69) is 36.1 Å². The zero-order valence-corrected chi connectivity index (χ0v) is 20.6. The average Bonchev–Trinajstić information content (AvgIpc) is 3.43. The molecule has 0 radical (unpaired) electrons. The van der Waals surface area contributed by atoms with Gasteiger partial charge in [-0.25, -0.2) is 5.43 Å². The molecule has 0 saturated carbocycles. The molecule has 39 heavy (non-hydrogen) atoms. The Morgan fingerprint density at radius 1 is 0.846 bits per heavy atom. The van der Waals surface area contributed by atoms with Crippen molar-refractivity contribution in [2.24, 2.45) is 5.10 Å². The Morgan fingerprint density at radius 3 is 2.23 bits per heavy atom. The van der Waals surface area contributed by atoms with Gasteiger partial charge in [0.25, 0.3) is 5.69 Å². The van der Waals surface area contributed by atoms with Crippen molar-refractivity contribution < 1.29 is 14.1 Å². The van der Waals surface area contributed by atoms with Gasteiger partial charge in [-0.05, 0) is 48.5 Å². The number of hydrogen-bond donors (Lipinski definition) is 3. The Hall–Kier alpha value is -5.78. The molecule has 3 aromatic carbocycles. The normalized spacial score (nSPS) is 10.8. The maximum Gasteiger partial charge on any atom is 0.270 e. The summed E-state index contributed by atoms with van der Waals surface area (Å²) in [7, 11) is 1.60. The second-order valence-electron chi connectivity index (χ2n) is 8.03. The van der Waals surface area contributed by atoms with Gasteiger partial charge in [0.1, 0.15) is 17.3 Å². The van der Waals surface area contributed by atoms with Crippen LogP contribution in [0.15, 0.2) is 101 Å². The van der Waals surface area contributed by atoms with Crippen molar-refractivity contribution in [2.45, 2.75) is 0 Å². The number of rotatable bonds is 10. The lowest BCUT2D eigenvalue weighted by molar-refractivity contribution is -0.384. The molecule has 3 N–H and O–H groups in total. The van der Waals surface area contributed by atoms with Crippen molar-refractivity contribution in [1.82, 2.24) is 15.0 Å². The highest BCUT2D eigenvalue weighted by atomic mass is 16.6. The van der Waals surface area contributed by atoms with Crippen molar-refractivity contribution in [1.29, 1.82) is 0 Å². The zero-order valence-electron chi connectivity index (χ0n) is 20.6. The molecule has 0 amide bonds. The van der Waals surface area contributed by atoms with Crippen molar-refractivity contribution in [2.75, 3.05) is 23.2 Å². The molecule has 0 aliphatic rings. The van der Waals surface area contributed by atoms with Crippen molar-refractivity contribution in [3.63, 3.8) is 0 Å². The summed E-state index contributed by atoms with van der Waals surface area (Å²) in [5, 5.41) is 21.5. The van der Waals surface area contributed by atoms with E-state index >= 15 is 0 Å². The molecule has 194 valence electrons. The summed E-state index contributed by atoms with van der Waals surface area (Å²) in [6.45, 7) is 0. The standard InChI is InChI=1S/C27H22N8O4/c1-38-22-12-10-20(11-13-22)30-26-31-25(29-19-7-3-2-4-8-19)32-27(33-26)34-28-17-23-14-15-24(39-23)18-6-5-9-21(16-18)35(36)37/h2-17H,1H3,(H3,29,30,31,32,33,34). The predicted octanol–water partition coefficient (Wildman–Crippen LogP) is 5.98. The fourth-order valence-corrected chi connectivity index (χ4v) is 3.50. The van der Waals surface area contributed by atoms with Gasteiger partial charge in [0, 0.05) is 29.1 Å². The zero-order chi connectivity index (χ0) is 27.0. The molecule has 0 aliphatic carbocycles. The molecular formula is C27H22N8O4. The molecule has 0 spiro atoms. The van der Waals surface area contributed by atoms with Crippen LogP contribution in [0.3, 0.4) is 0 Å². The van der Waals surface area contributed by atoms with Crippen molar-refractivity contribution in [3.8, 4) is 17.1 Å². The van der Waals surface area contributed by atoms with E-state index in [4.69, 9.17) is 9.15 Å². The van der Waals surface area contributed by atoms with Crippen molar-refractivity contribution in [3.05, 3.63) is 107 Å². The first-order valence-electron chi connectivity index (χ1n) is 11.7. The first-order valence-corrected chi connectivity index (χ1v) is 11.7. The summed E-state index contributed by atoms with van der Waals surface area (Å²) in [6.07, 6.45) is 1.45. The van der Waals surface area contributed by atoms with E-state index < -0.39 is 4.92 Å². The number of nitrogens with one attached hydrogen (secondary N) is 3. The number of para-hydroxylation sites is 1. The fraction of sp³-hybridized carbons (Fsp3) is 0.0370. The summed E-state index contributed by atoms with van der Waals surface area (Å²) < 4.78 is 11.0. The molecule has 0 atom stereocenters. The highest BCUT2D eigenvalue weighted by molar-refractivity contribution is 5.78. The van der Waals surface area contributed by atoms with Gasteiger partial charge < -0.3 is 19.8 Å². The molecule has 5 aromatic rings. The first-order chi connectivity index (χ1) is 19.1. The third-order valence-electron chi connectivity index (χ3n) is 5.34. The fourth-order valence-electron chi connectivity index (χ4n) is 3.50. The van der Waals surface area contributed by atoms with Gasteiger partial charge in [-0.3, -0.25) is 10.1 Å². The maximum atomic E-state index is 11.1. The minimum atomic E-state index is -0.452. The lowest BCUT2D eigenvalue weighted by Gasteiger charge is -2.10. The highest BCUT2D eigenvalue weighted by Gasteiger charge is 2.11. The minimum Gasteiger partial charge on any atom is -0.497 e. The number of hydrazone groups is 1. The highest BCUT2D eigenvalue weighted by Crippen LogP contribution is 2.25.